The van der Waals surface area contributed by atoms with Gasteiger partial charge in [0.1, 0.15) is 0 Å². The molecule has 1 aromatic heterocycles. The molecule has 1 aliphatic heterocycles. The highest BCUT2D eigenvalue weighted by Gasteiger charge is 2.37. The smallest absolute Gasteiger partial charge is 0.266 e. The summed E-state index contributed by atoms with van der Waals surface area (Å²) in [6.07, 6.45) is 0.732. The molecular weight excluding hydrogens is 328 g/mol. The standard InChI is InChI=1S/C21H18N2O3/c1-4-16-12(3)19(24)15-10-18(11(2)9-17(15)22-16)23-20(25)13-7-5-6-8-14(13)21(23)26/h5-10H,4H2,1-3H3,(H,22,24). The first-order valence-electron chi connectivity index (χ1n) is 8.58. The highest BCUT2D eigenvalue weighted by atomic mass is 16.2. The third kappa shape index (κ3) is 2.13. The minimum atomic E-state index is -0.355. The number of pyridine rings is 1. The zero-order valence-electron chi connectivity index (χ0n) is 14.8. The number of hydrogen-bond donors (Lipinski definition) is 1. The van der Waals surface area contributed by atoms with Gasteiger partial charge in [0.2, 0.25) is 0 Å². The molecule has 0 bridgehead atoms. The summed E-state index contributed by atoms with van der Waals surface area (Å²) in [5.74, 6) is -0.710. The van der Waals surface area contributed by atoms with Crippen molar-refractivity contribution in [2.45, 2.75) is 27.2 Å². The van der Waals surface area contributed by atoms with Crippen LogP contribution in [0.2, 0.25) is 0 Å². The normalized spacial score (nSPS) is 13.6. The summed E-state index contributed by atoms with van der Waals surface area (Å²) in [5, 5.41) is 0.483. The molecule has 0 fully saturated rings. The minimum absolute atomic E-state index is 0.0755. The van der Waals surface area contributed by atoms with Gasteiger partial charge in [-0.1, -0.05) is 19.1 Å². The second-order valence-electron chi connectivity index (χ2n) is 6.59. The molecule has 4 rings (SSSR count). The molecule has 2 amide bonds. The monoisotopic (exact) mass is 346 g/mol. The molecule has 0 unspecified atom stereocenters. The van der Waals surface area contributed by atoms with E-state index in [0.29, 0.717) is 27.8 Å². The van der Waals surface area contributed by atoms with Gasteiger partial charge in [0, 0.05) is 22.2 Å². The number of benzene rings is 2. The molecule has 5 heteroatoms. The number of aromatic nitrogens is 1. The van der Waals surface area contributed by atoms with Crippen LogP contribution in [0.15, 0.2) is 41.2 Å². The Bertz CT molecular complexity index is 1120. The van der Waals surface area contributed by atoms with E-state index in [2.05, 4.69) is 4.98 Å². The Labute approximate surface area is 150 Å². The van der Waals surface area contributed by atoms with Gasteiger partial charge in [0.05, 0.1) is 16.8 Å². The number of fused-ring (bicyclic) bond motifs is 2. The number of aryl methyl sites for hydroxylation is 2. The predicted octanol–water partition coefficient (Wildman–Crippen LogP) is 3.51. The molecule has 1 N–H and O–H groups in total. The maximum atomic E-state index is 12.8. The van der Waals surface area contributed by atoms with Crippen LogP contribution in [0.3, 0.4) is 0 Å². The van der Waals surface area contributed by atoms with Crippen LogP contribution < -0.4 is 10.3 Å². The first kappa shape index (κ1) is 16.3. The highest BCUT2D eigenvalue weighted by molar-refractivity contribution is 6.34. The Kier molecular flexibility index (Phi) is 3.54. The number of nitrogens with one attached hydrogen (secondary N) is 1. The van der Waals surface area contributed by atoms with Gasteiger partial charge < -0.3 is 4.98 Å². The van der Waals surface area contributed by atoms with E-state index in [-0.39, 0.29) is 17.2 Å². The van der Waals surface area contributed by atoms with E-state index in [0.717, 1.165) is 23.2 Å². The zero-order valence-corrected chi connectivity index (χ0v) is 14.8. The van der Waals surface area contributed by atoms with Gasteiger partial charge in [-0.3, -0.25) is 14.4 Å². The fourth-order valence-electron chi connectivity index (χ4n) is 3.59. The lowest BCUT2D eigenvalue weighted by Gasteiger charge is -2.18. The number of rotatable bonds is 2. The van der Waals surface area contributed by atoms with Crippen LogP contribution in [0, 0.1) is 13.8 Å². The lowest BCUT2D eigenvalue weighted by Crippen LogP contribution is -2.30. The van der Waals surface area contributed by atoms with Gasteiger partial charge in [-0.2, -0.15) is 0 Å². The maximum Gasteiger partial charge on any atom is 0.266 e. The zero-order chi connectivity index (χ0) is 18.6. The molecule has 2 heterocycles. The van der Waals surface area contributed by atoms with Crippen molar-refractivity contribution in [1.82, 2.24) is 4.98 Å². The quantitative estimate of drug-likeness (QED) is 0.722. The summed E-state index contributed by atoms with van der Waals surface area (Å²) < 4.78 is 0. The van der Waals surface area contributed by atoms with E-state index in [4.69, 9.17) is 0 Å². The average molecular weight is 346 g/mol. The molecule has 2 aromatic carbocycles. The van der Waals surface area contributed by atoms with Gasteiger partial charge in [0.25, 0.3) is 11.8 Å². The Morgan fingerprint density at radius 1 is 0.962 bits per heavy atom. The van der Waals surface area contributed by atoms with E-state index in [9.17, 15) is 14.4 Å². The molecule has 3 aromatic rings. The summed E-state index contributed by atoms with van der Waals surface area (Å²) in [6.45, 7) is 5.62. The van der Waals surface area contributed by atoms with Gasteiger partial charge in [0.15, 0.2) is 5.43 Å². The first-order valence-corrected chi connectivity index (χ1v) is 8.58. The maximum absolute atomic E-state index is 12.8. The number of H-pyrrole nitrogens is 1. The van der Waals surface area contributed by atoms with Crippen LogP contribution in [-0.4, -0.2) is 16.8 Å². The molecule has 1 aliphatic rings. The van der Waals surface area contributed by atoms with Crippen LogP contribution >= 0.6 is 0 Å². The van der Waals surface area contributed by atoms with Crippen molar-refractivity contribution in [1.29, 1.82) is 0 Å². The summed E-state index contributed by atoms with van der Waals surface area (Å²) in [5.41, 5.74) is 4.20. The van der Waals surface area contributed by atoms with Gasteiger partial charge >= 0.3 is 0 Å². The van der Waals surface area contributed by atoms with Crippen LogP contribution in [0.25, 0.3) is 10.9 Å². The van der Waals surface area contributed by atoms with Gasteiger partial charge in [-0.05, 0) is 50.1 Å². The largest absolute Gasteiger partial charge is 0.358 e. The van der Waals surface area contributed by atoms with Crippen molar-refractivity contribution in [3.63, 3.8) is 0 Å². The molecule has 5 nitrogen and oxygen atoms in total. The number of carbonyl (C=O) groups excluding carboxylic acids is 2. The predicted molar refractivity (Wildman–Crippen MR) is 101 cm³/mol. The fraction of sp³-hybridized carbons (Fsp3) is 0.190. The molecule has 0 atom stereocenters. The summed E-state index contributed by atoms with van der Waals surface area (Å²) in [6, 6.07) is 10.3. The van der Waals surface area contributed by atoms with Crippen molar-refractivity contribution >= 4 is 28.4 Å². The summed E-state index contributed by atoms with van der Waals surface area (Å²) in [4.78, 5) is 42.8. The van der Waals surface area contributed by atoms with Crippen molar-refractivity contribution in [2.24, 2.45) is 0 Å². The van der Waals surface area contributed by atoms with Crippen molar-refractivity contribution in [3.05, 3.63) is 74.6 Å². The number of imide groups is 1. The van der Waals surface area contributed by atoms with Gasteiger partial charge in [-0.15, -0.1) is 0 Å². The first-order chi connectivity index (χ1) is 12.4. The molecule has 0 saturated carbocycles. The van der Waals surface area contributed by atoms with E-state index in [1.54, 1.807) is 37.3 Å². The summed E-state index contributed by atoms with van der Waals surface area (Å²) >= 11 is 0. The number of amides is 2. The molecule has 130 valence electrons. The third-order valence-electron chi connectivity index (χ3n) is 5.05. The van der Waals surface area contributed by atoms with E-state index in [1.807, 2.05) is 19.9 Å². The Morgan fingerprint density at radius 2 is 1.58 bits per heavy atom. The molecule has 0 radical (unpaired) electrons. The topological polar surface area (TPSA) is 70.2 Å². The molecule has 26 heavy (non-hydrogen) atoms. The Morgan fingerprint density at radius 3 is 2.15 bits per heavy atom. The van der Waals surface area contributed by atoms with Crippen molar-refractivity contribution in [2.75, 3.05) is 4.90 Å². The Balaban J connectivity index is 1.95. The van der Waals surface area contributed by atoms with E-state index >= 15 is 0 Å². The lowest BCUT2D eigenvalue weighted by molar-refractivity contribution is 0.0926. The second-order valence-corrected chi connectivity index (χ2v) is 6.59. The summed E-state index contributed by atoms with van der Waals surface area (Å²) in [7, 11) is 0. The number of carbonyl (C=O) groups is 2. The lowest BCUT2D eigenvalue weighted by atomic mass is 10.0. The average Bonchev–Trinajstić information content (AvgIpc) is 2.89. The van der Waals surface area contributed by atoms with Crippen LogP contribution in [-0.2, 0) is 6.42 Å². The number of hydrogen-bond acceptors (Lipinski definition) is 3. The molecule has 0 spiro atoms. The van der Waals surface area contributed by atoms with Crippen molar-refractivity contribution in [3.8, 4) is 0 Å². The van der Waals surface area contributed by atoms with Crippen LogP contribution in [0.1, 0.15) is 44.5 Å². The van der Waals surface area contributed by atoms with E-state index < -0.39 is 0 Å². The molecule has 0 saturated heterocycles. The van der Waals surface area contributed by atoms with Crippen LogP contribution in [0.5, 0.6) is 0 Å². The highest BCUT2D eigenvalue weighted by Crippen LogP contribution is 2.32. The number of aromatic amines is 1. The van der Waals surface area contributed by atoms with Gasteiger partial charge in [-0.25, -0.2) is 4.90 Å². The third-order valence-corrected chi connectivity index (χ3v) is 5.05. The minimum Gasteiger partial charge on any atom is -0.358 e. The molecular formula is C21H18N2O3. The molecule has 0 aliphatic carbocycles. The second kappa shape index (κ2) is 5.66. The number of anilines is 1. The van der Waals surface area contributed by atoms with Crippen molar-refractivity contribution < 1.29 is 9.59 Å². The van der Waals surface area contributed by atoms with E-state index in [1.165, 1.54) is 4.90 Å². The number of nitrogens with zero attached hydrogens (tertiary/aromatic N) is 1. The fourth-order valence-corrected chi connectivity index (χ4v) is 3.59. The Hall–Kier alpha value is -3.21. The SMILES string of the molecule is CCc1[nH]c2cc(C)c(N3C(=O)c4ccccc4C3=O)cc2c(=O)c1C. The van der Waals surface area contributed by atoms with Crippen LogP contribution in [0.4, 0.5) is 5.69 Å².